The zero-order chi connectivity index (χ0) is 12.9. The minimum absolute atomic E-state index is 0.0198. The van der Waals surface area contributed by atoms with Crippen molar-refractivity contribution in [3.05, 3.63) is 29.8 Å². The highest BCUT2D eigenvalue weighted by molar-refractivity contribution is 5.95. The molecule has 0 aliphatic carbocycles. The highest BCUT2D eigenvalue weighted by atomic mass is 19.4. The lowest BCUT2D eigenvalue weighted by molar-refractivity contribution is -0.274. The van der Waals surface area contributed by atoms with Crippen molar-refractivity contribution in [3.63, 3.8) is 0 Å². The summed E-state index contributed by atoms with van der Waals surface area (Å²) in [7, 11) is 0. The number of ether oxygens (including phenoxy) is 1. The molecule has 1 aromatic rings. The number of rotatable bonds is 4. The molecule has 0 atom stereocenters. The van der Waals surface area contributed by atoms with Crippen molar-refractivity contribution >= 4 is 12.2 Å². The maximum atomic E-state index is 11.9. The Bertz CT molecular complexity index is 418. The Hall–Kier alpha value is -2.05. The Labute approximate surface area is 94.4 Å². The van der Waals surface area contributed by atoms with E-state index in [9.17, 15) is 22.8 Å². The molecule has 0 saturated carbocycles. The molecule has 0 spiro atoms. The van der Waals surface area contributed by atoms with Crippen LogP contribution < -0.4 is 10.1 Å². The number of halogens is 3. The zero-order valence-electron chi connectivity index (χ0n) is 8.45. The van der Waals surface area contributed by atoms with Gasteiger partial charge in [0.25, 0.3) is 5.91 Å². The summed E-state index contributed by atoms with van der Waals surface area (Å²) < 4.78 is 39.4. The van der Waals surface area contributed by atoms with Crippen LogP contribution in [0.2, 0.25) is 0 Å². The van der Waals surface area contributed by atoms with Crippen LogP contribution in [0.4, 0.5) is 13.2 Å². The molecule has 0 aliphatic rings. The Morgan fingerprint density at radius 3 is 2.71 bits per heavy atom. The van der Waals surface area contributed by atoms with Gasteiger partial charge in [-0.25, -0.2) is 0 Å². The first-order valence-corrected chi connectivity index (χ1v) is 4.50. The van der Waals surface area contributed by atoms with Crippen LogP contribution in [0, 0.1) is 0 Å². The van der Waals surface area contributed by atoms with E-state index in [1.54, 1.807) is 0 Å². The predicted molar refractivity (Wildman–Crippen MR) is 51.5 cm³/mol. The van der Waals surface area contributed by atoms with Crippen molar-refractivity contribution in [2.24, 2.45) is 0 Å². The lowest BCUT2D eigenvalue weighted by Gasteiger charge is -2.09. The minimum atomic E-state index is -4.81. The van der Waals surface area contributed by atoms with E-state index in [4.69, 9.17) is 0 Å². The number of carbonyl (C=O) groups is 2. The van der Waals surface area contributed by atoms with Crippen LogP contribution in [0.15, 0.2) is 24.3 Å². The second-order valence-electron chi connectivity index (χ2n) is 2.95. The normalized spacial score (nSPS) is 10.8. The Kier molecular flexibility index (Phi) is 4.08. The Morgan fingerprint density at radius 1 is 1.41 bits per heavy atom. The van der Waals surface area contributed by atoms with E-state index in [-0.39, 0.29) is 12.1 Å². The summed E-state index contributed by atoms with van der Waals surface area (Å²) in [5.41, 5.74) is -0.0198. The highest BCUT2D eigenvalue weighted by Crippen LogP contribution is 2.23. The van der Waals surface area contributed by atoms with E-state index in [0.29, 0.717) is 6.29 Å². The number of benzene rings is 1. The molecule has 17 heavy (non-hydrogen) atoms. The molecular formula is C10H8F3NO3. The molecule has 1 amide bonds. The molecule has 0 aliphatic heterocycles. The molecule has 0 unspecified atom stereocenters. The third-order valence-corrected chi connectivity index (χ3v) is 1.68. The number of aldehydes is 1. The predicted octanol–water partition coefficient (Wildman–Crippen LogP) is 1.51. The summed E-state index contributed by atoms with van der Waals surface area (Å²) in [5, 5.41) is 2.19. The lowest BCUT2D eigenvalue weighted by Crippen LogP contribution is -2.25. The van der Waals surface area contributed by atoms with Crippen LogP contribution in [0.25, 0.3) is 0 Å². The number of carbonyl (C=O) groups excluding carboxylic acids is 2. The Balaban J connectivity index is 2.78. The number of nitrogens with one attached hydrogen (secondary N) is 1. The van der Waals surface area contributed by atoms with E-state index < -0.39 is 18.0 Å². The van der Waals surface area contributed by atoms with E-state index >= 15 is 0 Å². The molecule has 1 rings (SSSR count). The molecule has 1 aromatic carbocycles. The molecule has 0 heterocycles. The van der Waals surface area contributed by atoms with Crippen molar-refractivity contribution in [2.75, 3.05) is 6.54 Å². The summed E-state index contributed by atoms with van der Waals surface area (Å²) >= 11 is 0. The summed E-state index contributed by atoms with van der Waals surface area (Å²) in [6, 6.07) is 4.57. The van der Waals surface area contributed by atoms with E-state index in [1.807, 2.05) is 0 Å². The fourth-order valence-corrected chi connectivity index (χ4v) is 1.07. The molecule has 4 nitrogen and oxygen atoms in total. The van der Waals surface area contributed by atoms with Gasteiger partial charge in [-0.15, -0.1) is 13.2 Å². The summed E-state index contributed by atoms with van der Waals surface area (Å²) in [6.07, 6.45) is -4.34. The van der Waals surface area contributed by atoms with Gasteiger partial charge in [0.05, 0.1) is 6.54 Å². The van der Waals surface area contributed by atoms with Crippen LogP contribution in [0.3, 0.4) is 0 Å². The number of alkyl halides is 3. The molecule has 0 radical (unpaired) electrons. The van der Waals surface area contributed by atoms with Gasteiger partial charge in [-0.2, -0.15) is 0 Å². The van der Waals surface area contributed by atoms with Crippen LogP contribution in [0.5, 0.6) is 5.75 Å². The first-order chi connectivity index (χ1) is 7.92. The van der Waals surface area contributed by atoms with Crippen LogP contribution in [-0.4, -0.2) is 25.1 Å². The van der Waals surface area contributed by atoms with Gasteiger partial charge in [-0.1, -0.05) is 6.07 Å². The smallest absolute Gasteiger partial charge is 0.406 e. The van der Waals surface area contributed by atoms with E-state index in [2.05, 4.69) is 10.1 Å². The third kappa shape index (κ3) is 4.54. The standard InChI is InChI=1S/C10H8F3NO3/c11-10(12,13)17-8-3-1-2-7(6-8)9(16)14-4-5-15/h1-3,5-6H,4H2,(H,14,16). The van der Waals surface area contributed by atoms with E-state index in [1.165, 1.54) is 12.1 Å². The maximum absolute atomic E-state index is 11.9. The lowest BCUT2D eigenvalue weighted by atomic mass is 10.2. The van der Waals surface area contributed by atoms with Crippen molar-refractivity contribution in [1.82, 2.24) is 5.32 Å². The molecular weight excluding hydrogens is 239 g/mol. The first-order valence-electron chi connectivity index (χ1n) is 4.50. The fraction of sp³-hybridized carbons (Fsp3) is 0.200. The highest BCUT2D eigenvalue weighted by Gasteiger charge is 2.31. The van der Waals surface area contributed by atoms with Gasteiger partial charge in [-0.05, 0) is 18.2 Å². The summed E-state index contributed by atoms with van der Waals surface area (Å²) in [4.78, 5) is 21.3. The fourth-order valence-electron chi connectivity index (χ4n) is 1.07. The van der Waals surface area contributed by atoms with Crippen molar-refractivity contribution in [3.8, 4) is 5.75 Å². The molecule has 1 N–H and O–H groups in total. The average molecular weight is 247 g/mol. The van der Waals surface area contributed by atoms with Crippen LogP contribution in [0.1, 0.15) is 10.4 Å². The zero-order valence-corrected chi connectivity index (χ0v) is 8.45. The van der Waals surface area contributed by atoms with Gasteiger partial charge in [0, 0.05) is 5.56 Å². The van der Waals surface area contributed by atoms with Gasteiger partial charge in [-0.3, -0.25) is 4.79 Å². The second-order valence-corrected chi connectivity index (χ2v) is 2.95. The minimum Gasteiger partial charge on any atom is -0.406 e. The van der Waals surface area contributed by atoms with E-state index in [0.717, 1.165) is 12.1 Å². The SMILES string of the molecule is O=CCNC(=O)c1cccc(OC(F)(F)F)c1. The molecule has 0 bridgehead atoms. The quantitative estimate of drug-likeness (QED) is 0.820. The van der Waals surface area contributed by atoms with Crippen molar-refractivity contribution in [2.45, 2.75) is 6.36 Å². The van der Waals surface area contributed by atoms with Gasteiger partial charge >= 0.3 is 6.36 Å². The number of hydrogen-bond acceptors (Lipinski definition) is 3. The van der Waals surface area contributed by atoms with Gasteiger partial charge in [0.1, 0.15) is 12.0 Å². The largest absolute Gasteiger partial charge is 0.573 e. The van der Waals surface area contributed by atoms with Gasteiger partial charge < -0.3 is 14.8 Å². The van der Waals surface area contributed by atoms with Crippen molar-refractivity contribution < 1.29 is 27.5 Å². The summed E-state index contributed by atoms with van der Waals surface area (Å²) in [6.45, 7) is -0.205. The van der Waals surface area contributed by atoms with Gasteiger partial charge in [0.2, 0.25) is 0 Å². The molecule has 0 saturated heterocycles. The van der Waals surface area contributed by atoms with Crippen LogP contribution in [-0.2, 0) is 4.79 Å². The number of hydrogen-bond donors (Lipinski definition) is 1. The van der Waals surface area contributed by atoms with Crippen LogP contribution >= 0.6 is 0 Å². The second kappa shape index (κ2) is 5.33. The molecule has 7 heteroatoms. The molecule has 0 aromatic heterocycles. The average Bonchev–Trinajstić information content (AvgIpc) is 2.24. The molecule has 0 fully saturated rings. The summed E-state index contributed by atoms with van der Waals surface area (Å²) in [5.74, 6) is -1.14. The Morgan fingerprint density at radius 2 is 2.12 bits per heavy atom. The molecule has 92 valence electrons. The van der Waals surface area contributed by atoms with Crippen molar-refractivity contribution in [1.29, 1.82) is 0 Å². The monoisotopic (exact) mass is 247 g/mol. The number of amides is 1. The maximum Gasteiger partial charge on any atom is 0.573 e. The topological polar surface area (TPSA) is 55.4 Å². The third-order valence-electron chi connectivity index (χ3n) is 1.68. The first kappa shape index (κ1) is 13.0. The van der Waals surface area contributed by atoms with Gasteiger partial charge in [0.15, 0.2) is 0 Å².